The van der Waals surface area contributed by atoms with Crippen LogP contribution >= 0.6 is 0 Å². The summed E-state index contributed by atoms with van der Waals surface area (Å²) in [6.07, 6.45) is 0.0529. The third-order valence-electron chi connectivity index (χ3n) is 4.35. The molecule has 0 fully saturated rings. The number of ether oxygens (including phenoxy) is 1. The summed E-state index contributed by atoms with van der Waals surface area (Å²) in [6, 6.07) is 12.8. The molecule has 1 N–H and O–H groups in total. The first-order valence-corrected chi connectivity index (χ1v) is 8.70. The number of aromatic nitrogens is 1. The minimum Gasteiger partial charge on any atom is -0.491 e. The Kier molecular flexibility index (Phi) is 4.85. The Bertz CT molecular complexity index is 999. The van der Waals surface area contributed by atoms with Gasteiger partial charge < -0.3 is 14.6 Å². The number of halogens is 1. The van der Waals surface area contributed by atoms with Crippen molar-refractivity contribution >= 4 is 16.6 Å². The number of hydrogen-bond acceptors (Lipinski definition) is 3. The fourth-order valence-corrected chi connectivity index (χ4v) is 3.26. The molecule has 1 heterocycles. The Balaban J connectivity index is 2.33. The molecule has 0 radical (unpaired) electrons. The summed E-state index contributed by atoms with van der Waals surface area (Å²) < 4.78 is 22.4. The van der Waals surface area contributed by atoms with E-state index in [0.29, 0.717) is 23.4 Å². The molecule has 3 aromatic rings. The molecule has 0 amide bonds. The van der Waals surface area contributed by atoms with Gasteiger partial charge in [0.25, 0.3) is 0 Å². The molecule has 1 aromatic heterocycles. The van der Waals surface area contributed by atoms with Crippen molar-refractivity contribution < 1.29 is 9.13 Å². The number of fused-ring (bicyclic) bond motifs is 1. The number of nitrogens with zero attached hydrogens (tertiary/aromatic N) is 2. The van der Waals surface area contributed by atoms with Gasteiger partial charge in [0.15, 0.2) is 0 Å². The highest BCUT2D eigenvalue weighted by Gasteiger charge is 2.21. The highest BCUT2D eigenvalue weighted by atomic mass is 19.1. The third-order valence-corrected chi connectivity index (χ3v) is 4.35. The highest BCUT2D eigenvalue weighted by Crippen LogP contribution is 2.37. The average molecular weight is 351 g/mol. The standard InChI is InChI=1S/C21H22FN3O/c1-5-25-20-11-15(26-13(2)3)7-8-16(20)18(12-23)21(25)17-10-14(24-4)6-9-19(17)22/h6-11,13,24H,5H2,1-4H3. The summed E-state index contributed by atoms with van der Waals surface area (Å²) >= 11 is 0. The van der Waals surface area contributed by atoms with E-state index in [-0.39, 0.29) is 11.9 Å². The quantitative estimate of drug-likeness (QED) is 0.690. The predicted molar refractivity (Wildman–Crippen MR) is 103 cm³/mol. The SMILES string of the molecule is CCn1c(-c2cc(NC)ccc2F)c(C#N)c2ccc(OC(C)C)cc21. The lowest BCUT2D eigenvalue weighted by Gasteiger charge is -2.12. The van der Waals surface area contributed by atoms with Gasteiger partial charge in [-0.1, -0.05) is 0 Å². The summed E-state index contributed by atoms with van der Waals surface area (Å²) in [5.74, 6) is 0.386. The second kappa shape index (κ2) is 7.09. The van der Waals surface area contributed by atoms with Gasteiger partial charge in [0.2, 0.25) is 0 Å². The van der Waals surface area contributed by atoms with E-state index in [1.54, 1.807) is 19.2 Å². The highest BCUT2D eigenvalue weighted by molar-refractivity contribution is 5.95. The maximum Gasteiger partial charge on any atom is 0.132 e. The van der Waals surface area contributed by atoms with Crippen molar-refractivity contribution in [3.05, 3.63) is 47.8 Å². The maximum atomic E-state index is 14.6. The molecule has 0 unspecified atom stereocenters. The molecule has 3 rings (SSSR count). The van der Waals surface area contributed by atoms with Crippen molar-refractivity contribution in [1.29, 1.82) is 5.26 Å². The van der Waals surface area contributed by atoms with Crippen molar-refractivity contribution in [2.45, 2.75) is 33.4 Å². The molecular weight excluding hydrogens is 329 g/mol. The van der Waals surface area contributed by atoms with Crippen LogP contribution < -0.4 is 10.1 Å². The number of rotatable bonds is 5. The fourth-order valence-electron chi connectivity index (χ4n) is 3.26. The lowest BCUT2D eigenvalue weighted by molar-refractivity contribution is 0.242. The Morgan fingerprint density at radius 1 is 1.23 bits per heavy atom. The Morgan fingerprint density at radius 3 is 2.62 bits per heavy atom. The average Bonchev–Trinajstić information content (AvgIpc) is 2.94. The van der Waals surface area contributed by atoms with Crippen LogP contribution in [0.2, 0.25) is 0 Å². The monoisotopic (exact) mass is 351 g/mol. The summed E-state index contributed by atoms with van der Waals surface area (Å²) in [5.41, 5.74) is 3.15. The zero-order valence-electron chi connectivity index (χ0n) is 15.4. The zero-order chi connectivity index (χ0) is 18.8. The number of nitrogens with one attached hydrogen (secondary N) is 1. The van der Waals surface area contributed by atoms with Gasteiger partial charge in [-0.15, -0.1) is 0 Å². The van der Waals surface area contributed by atoms with Gasteiger partial charge in [-0.25, -0.2) is 4.39 Å². The fraction of sp³-hybridized carbons (Fsp3) is 0.286. The summed E-state index contributed by atoms with van der Waals surface area (Å²) in [6.45, 7) is 6.53. The summed E-state index contributed by atoms with van der Waals surface area (Å²) in [5, 5.41) is 13.6. The van der Waals surface area contributed by atoms with E-state index in [9.17, 15) is 9.65 Å². The van der Waals surface area contributed by atoms with Crippen molar-refractivity contribution in [3.8, 4) is 23.1 Å². The summed E-state index contributed by atoms with van der Waals surface area (Å²) in [4.78, 5) is 0. The van der Waals surface area contributed by atoms with Crippen molar-refractivity contribution in [3.63, 3.8) is 0 Å². The second-order valence-electron chi connectivity index (χ2n) is 6.37. The van der Waals surface area contributed by atoms with Gasteiger partial charge in [0.1, 0.15) is 17.6 Å². The topological polar surface area (TPSA) is 50.0 Å². The normalized spacial score (nSPS) is 11.0. The van der Waals surface area contributed by atoms with Gasteiger partial charge in [-0.05, 0) is 51.1 Å². The van der Waals surface area contributed by atoms with Crippen molar-refractivity contribution in [2.24, 2.45) is 0 Å². The van der Waals surface area contributed by atoms with Crippen molar-refractivity contribution in [1.82, 2.24) is 4.57 Å². The molecule has 0 atom stereocenters. The van der Waals surface area contributed by atoms with E-state index in [4.69, 9.17) is 4.74 Å². The van der Waals surface area contributed by atoms with E-state index in [1.807, 2.05) is 43.5 Å². The maximum absolute atomic E-state index is 14.6. The second-order valence-corrected chi connectivity index (χ2v) is 6.37. The number of nitriles is 1. The first-order valence-electron chi connectivity index (χ1n) is 8.70. The molecule has 134 valence electrons. The van der Waals surface area contributed by atoms with Gasteiger partial charge in [0.05, 0.1) is 22.9 Å². The molecule has 0 aliphatic heterocycles. The molecule has 26 heavy (non-hydrogen) atoms. The number of anilines is 1. The van der Waals surface area contributed by atoms with Crippen LogP contribution in [0.4, 0.5) is 10.1 Å². The van der Waals surface area contributed by atoms with Crippen LogP contribution in [0.25, 0.3) is 22.2 Å². The number of benzene rings is 2. The third kappa shape index (κ3) is 2.99. The van der Waals surface area contributed by atoms with Crippen LogP contribution in [-0.4, -0.2) is 17.7 Å². The van der Waals surface area contributed by atoms with Crippen molar-refractivity contribution in [2.75, 3.05) is 12.4 Å². The molecule has 0 saturated heterocycles. The Morgan fingerprint density at radius 2 is 2.00 bits per heavy atom. The molecule has 0 saturated carbocycles. The van der Waals surface area contributed by atoms with Crippen LogP contribution in [0.15, 0.2) is 36.4 Å². The van der Waals surface area contributed by atoms with Crippen LogP contribution in [0.3, 0.4) is 0 Å². The van der Waals surface area contributed by atoms with Gasteiger partial charge in [-0.3, -0.25) is 0 Å². The first-order chi connectivity index (χ1) is 12.5. The van der Waals surface area contributed by atoms with E-state index in [2.05, 4.69) is 11.4 Å². The summed E-state index contributed by atoms with van der Waals surface area (Å²) in [7, 11) is 1.78. The molecule has 2 aromatic carbocycles. The molecule has 0 aliphatic rings. The lowest BCUT2D eigenvalue weighted by atomic mass is 10.0. The molecular formula is C21H22FN3O. The largest absolute Gasteiger partial charge is 0.491 e. The number of hydrogen-bond donors (Lipinski definition) is 1. The molecule has 0 spiro atoms. The van der Waals surface area contributed by atoms with Crippen LogP contribution in [0, 0.1) is 17.1 Å². The first kappa shape index (κ1) is 17.8. The Hall–Kier alpha value is -3.00. The van der Waals surface area contributed by atoms with Gasteiger partial charge in [0, 0.05) is 36.3 Å². The number of aryl methyl sites for hydroxylation is 1. The predicted octanol–water partition coefficient (Wildman–Crippen LogP) is 5.17. The molecule has 5 heteroatoms. The molecule has 0 aliphatic carbocycles. The lowest BCUT2D eigenvalue weighted by Crippen LogP contribution is -2.05. The van der Waals surface area contributed by atoms with E-state index in [1.165, 1.54) is 6.07 Å². The zero-order valence-corrected chi connectivity index (χ0v) is 15.4. The smallest absolute Gasteiger partial charge is 0.132 e. The minimum absolute atomic E-state index is 0.0529. The van der Waals surface area contributed by atoms with E-state index in [0.717, 1.165) is 22.3 Å². The van der Waals surface area contributed by atoms with Gasteiger partial charge in [-0.2, -0.15) is 5.26 Å². The molecule has 4 nitrogen and oxygen atoms in total. The minimum atomic E-state index is -0.350. The van der Waals surface area contributed by atoms with Crippen LogP contribution in [0.1, 0.15) is 26.3 Å². The van der Waals surface area contributed by atoms with Crippen LogP contribution in [-0.2, 0) is 6.54 Å². The molecule has 0 bridgehead atoms. The Labute approximate surface area is 152 Å². The van der Waals surface area contributed by atoms with E-state index >= 15 is 0 Å². The van der Waals surface area contributed by atoms with Gasteiger partial charge >= 0.3 is 0 Å². The van der Waals surface area contributed by atoms with Crippen LogP contribution in [0.5, 0.6) is 5.75 Å². The van der Waals surface area contributed by atoms with E-state index < -0.39 is 0 Å².